The molecule has 0 saturated heterocycles. The Bertz CT molecular complexity index is 1100. The molecule has 4 rings (SSSR count). The van der Waals surface area contributed by atoms with Crippen molar-refractivity contribution in [3.8, 4) is 11.1 Å². The van der Waals surface area contributed by atoms with E-state index in [1.165, 1.54) is 69.0 Å². The largest absolute Gasteiger partial charge is 0.196 e. The first kappa shape index (κ1) is 26.7. The number of fused-ring (bicyclic) bond motifs is 1. The van der Waals surface area contributed by atoms with Crippen LogP contribution in [0.3, 0.4) is 0 Å². The van der Waals surface area contributed by atoms with Crippen LogP contribution in [0.15, 0.2) is 66.7 Å². The molecule has 0 aromatic heterocycles. The number of benzene rings is 2. The van der Waals surface area contributed by atoms with Crippen LogP contribution in [0.5, 0.6) is 0 Å². The molecule has 0 atom stereocenters. The SMILES string of the molecule is CCCCc1ccc(-c2c[cH-]c3ccccc23)cc1.C[Si](C)=[Zr+2].Cc1[cH-]c(C)c(C)c1C. The van der Waals surface area contributed by atoms with Gasteiger partial charge in [-0.25, -0.2) is 0 Å². The van der Waals surface area contributed by atoms with Gasteiger partial charge in [-0.05, 0) is 18.4 Å². The van der Waals surface area contributed by atoms with E-state index in [1.807, 2.05) is 0 Å². The molecule has 4 aromatic carbocycles. The molecule has 0 aliphatic carbocycles. The molecule has 0 aliphatic heterocycles. The number of rotatable bonds is 4. The van der Waals surface area contributed by atoms with Crippen LogP contribution in [-0.2, 0) is 29.8 Å². The maximum absolute atomic E-state index is 2.31. The van der Waals surface area contributed by atoms with Crippen molar-refractivity contribution in [2.75, 3.05) is 0 Å². The fraction of sp³-hybridized carbons (Fsp3) is 0.333. The van der Waals surface area contributed by atoms with Crippen LogP contribution in [-0.4, -0.2) is 5.43 Å². The van der Waals surface area contributed by atoms with Crippen molar-refractivity contribution in [1.29, 1.82) is 0 Å². The Morgan fingerprint density at radius 1 is 0.844 bits per heavy atom. The molecule has 166 valence electrons. The summed E-state index contributed by atoms with van der Waals surface area (Å²) < 4.78 is 0. The van der Waals surface area contributed by atoms with E-state index in [2.05, 4.69) is 114 Å². The zero-order valence-electron chi connectivity index (χ0n) is 21.0. The van der Waals surface area contributed by atoms with Gasteiger partial charge in [0.05, 0.1) is 0 Å². The van der Waals surface area contributed by atoms with E-state index in [1.54, 1.807) is 23.3 Å². The van der Waals surface area contributed by atoms with E-state index in [9.17, 15) is 0 Å². The van der Waals surface area contributed by atoms with E-state index in [0.717, 1.165) is 0 Å². The van der Waals surface area contributed by atoms with Gasteiger partial charge in [-0.2, -0.15) is 28.3 Å². The predicted octanol–water partition coefficient (Wildman–Crippen LogP) is 8.99. The zero-order chi connectivity index (χ0) is 23.7. The molecular weight excluding hydrogens is 480 g/mol. The van der Waals surface area contributed by atoms with Crippen LogP contribution in [0.25, 0.3) is 21.9 Å². The minimum Gasteiger partial charge on any atom is -0.196 e. The molecule has 0 N–H and O–H groups in total. The number of hydrogen-bond acceptors (Lipinski definition) is 0. The summed E-state index contributed by atoms with van der Waals surface area (Å²) >= 11 is 1.74. The summed E-state index contributed by atoms with van der Waals surface area (Å²) in [5, 5.41) is 2.68. The average Bonchev–Trinajstić information content (AvgIpc) is 3.29. The Kier molecular flexibility index (Phi) is 11.1. The van der Waals surface area contributed by atoms with Gasteiger partial charge in [0.15, 0.2) is 0 Å². The first-order valence-corrected chi connectivity index (χ1v) is 17.9. The molecule has 2 heteroatoms. The molecule has 0 aliphatic rings. The van der Waals surface area contributed by atoms with Gasteiger partial charge in [-0.3, -0.25) is 0 Å². The van der Waals surface area contributed by atoms with E-state index in [0.29, 0.717) is 0 Å². The van der Waals surface area contributed by atoms with Crippen LogP contribution in [0.1, 0.15) is 47.6 Å². The number of hydrogen-bond donors (Lipinski definition) is 0. The molecule has 0 heterocycles. The normalized spacial score (nSPS) is 10.3. The molecule has 0 saturated carbocycles. The van der Waals surface area contributed by atoms with Gasteiger partial charge in [0.25, 0.3) is 0 Å². The summed E-state index contributed by atoms with van der Waals surface area (Å²) in [6, 6.07) is 24.3. The van der Waals surface area contributed by atoms with E-state index in [4.69, 9.17) is 0 Å². The maximum atomic E-state index is 2.31. The zero-order valence-corrected chi connectivity index (χ0v) is 24.4. The van der Waals surface area contributed by atoms with Gasteiger partial charge >= 0.3 is 41.9 Å². The molecule has 0 nitrogen and oxygen atoms in total. The van der Waals surface area contributed by atoms with Crippen molar-refractivity contribution in [3.05, 3.63) is 94.5 Å². The standard InChI is InChI=1S/C19H19.C9H13.C2H6Si.Zr/c1-2-3-6-15-9-11-17(12-10-15)19-14-13-16-7-4-5-8-18(16)19;1-6-5-7(2)9(4)8(6)3;1-3-2;/h4-5,7-14H,2-3,6H2,1H3;5H,1-4H3;1-2H3;/q2*-1;;+2. The van der Waals surface area contributed by atoms with Crippen molar-refractivity contribution < 1.29 is 23.3 Å². The van der Waals surface area contributed by atoms with Crippen LogP contribution >= 0.6 is 0 Å². The fourth-order valence-corrected chi connectivity index (χ4v) is 3.77. The van der Waals surface area contributed by atoms with Crippen molar-refractivity contribution in [2.24, 2.45) is 0 Å². The van der Waals surface area contributed by atoms with Crippen LogP contribution in [0.2, 0.25) is 13.1 Å². The van der Waals surface area contributed by atoms with Crippen molar-refractivity contribution in [2.45, 2.75) is 67.0 Å². The molecule has 0 bridgehead atoms. The minimum absolute atomic E-state index is 0.210. The Hall–Kier alpha value is -1.50. The first-order valence-electron chi connectivity index (χ1n) is 11.7. The van der Waals surface area contributed by atoms with Crippen LogP contribution in [0, 0.1) is 27.7 Å². The number of unbranched alkanes of at least 4 members (excludes halogenated alkanes) is 1. The Morgan fingerprint density at radius 2 is 1.41 bits per heavy atom. The molecule has 0 fully saturated rings. The molecule has 0 unspecified atom stereocenters. The Labute approximate surface area is 211 Å². The van der Waals surface area contributed by atoms with Gasteiger partial charge in [-0.15, -0.1) is 46.7 Å². The second-order valence-corrected chi connectivity index (χ2v) is 18.3. The Balaban J connectivity index is 0.000000233. The number of aryl methyl sites for hydroxylation is 3. The predicted molar refractivity (Wildman–Crippen MR) is 142 cm³/mol. The monoisotopic (exact) mass is 516 g/mol. The second kappa shape index (κ2) is 13.3. The van der Waals surface area contributed by atoms with Gasteiger partial charge in [-0.1, -0.05) is 76.9 Å². The average molecular weight is 518 g/mol. The molecule has 0 spiro atoms. The van der Waals surface area contributed by atoms with Crippen molar-refractivity contribution in [3.63, 3.8) is 0 Å². The molecular formula is C30H38SiZr. The molecule has 4 aromatic rings. The molecule has 32 heavy (non-hydrogen) atoms. The van der Waals surface area contributed by atoms with Crippen LogP contribution < -0.4 is 0 Å². The second-order valence-electron chi connectivity index (χ2n) is 8.90. The summed E-state index contributed by atoms with van der Waals surface area (Å²) in [7, 11) is 0. The minimum atomic E-state index is 0.210. The Morgan fingerprint density at radius 3 is 1.91 bits per heavy atom. The van der Waals surface area contributed by atoms with Gasteiger partial charge in [0, 0.05) is 0 Å². The fourth-order valence-electron chi connectivity index (χ4n) is 3.77. The molecule has 0 amide bonds. The van der Waals surface area contributed by atoms with Crippen molar-refractivity contribution >= 4 is 16.2 Å². The smallest absolute Gasteiger partial charge is 0.0632 e. The first-order chi connectivity index (χ1) is 15.2. The van der Waals surface area contributed by atoms with E-state index < -0.39 is 0 Å². The third-order valence-electron chi connectivity index (χ3n) is 5.94. The summed E-state index contributed by atoms with van der Waals surface area (Å²) in [5.41, 5.74) is 10.1. The maximum Gasteiger partial charge on any atom is -0.0632 e. The van der Waals surface area contributed by atoms with Crippen molar-refractivity contribution in [1.82, 2.24) is 0 Å². The summed E-state index contributed by atoms with van der Waals surface area (Å²) in [5.74, 6) is 0. The van der Waals surface area contributed by atoms with Gasteiger partial charge < -0.3 is 0 Å². The van der Waals surface area contributed by atoms with Gasteiger partial charge in [0.2, 0.25) is 0 Å². The summed E-state index contributed by atoms with van der Waals surface area (Å²) in [4.78, 5) is 0. The van der Waals surface area contributed by atoms with Gasteiger partial charge in [0.1, 0.15) is 0 Å². The van der Waals surface area contributed by atoms with E-state index in [-0.39, 0.29) is 5.43 Å². The quantitative estimate of drug-likeness (QED) is 0.187. The third-order valence-corrected chi connectivity index (χ3v) is 5.94. The summed E-state index contributed by atoms with van der Waals surface area (Å²) in [6.45, 7) is 15.5. The molecule has 0 radical (unpaired) electrons. The summed E-state index contributed by atoms with van der Waals surface area (Å²) in [6.07, 6.45) is 3.73. The topological polar surface area (TPSA) is 0 Å². The van der Waals surface area contributed by atoms with Crippen LogP contribution in [0.4, 0.5) is 0 Å². The third kappa shape index (κ3) is 7.82. The van der Waals surface area contributed by atoms with E-state index >= 15 is 0 Å².